The molecule has 37 heavy (non-hydrogen) atoms. The number of anilines is 5. The maximum atomic E-state index is 12.8. The van der Waals surface area contributed by atoms with E-state index in [4.69, 9.17) is 9.47 Å². The Labute approximate surface area is 216 Å². The summed E-state index contributed by atoms with van der Waals surface area (Å²) in [5.41, 5.74) is 5.04. The lowest BCUT2D eigenvalue weighted by atomic mass is 9.88. The van der Waals surface area contributed by atoms with Crippen molar-refractivity contribution in [2.45, 2.75) is 24.2 Å². The van der Waals surface area contributed by atoms with Crippen molar-refractivity contribution in [2.24, 2.45) is 0 Å². The molecule has 1 saturated heterocycles. The lowest BCUT2D eigenvalue weighted by molar-refractivity contribution is 0.122. The topological polar surface area (TPSA) is 130 Å². The number of hydrogen-bond acceptors (Lipinski definition) is 10. The number of hydrogen-bond donors (Lipinski definition) is 4. The molecule has 2 aliphatic heterocycles. The van der Waals surface area contributed by atoms with Crippen LogP contribution in [-0.2, 0) is 20.2 Å². The molecule has 0 bridgehead atoms. The summed E-state index contributed by atoms with van der Waals surface area (Å²) in [6.45, 7) is 7.76. The minimum Gasteiger partial charge on any atom is -0.494 e. The average Bonchev–Trinajstić information content (AvgIpc) is 3.23. The normalized spacial score (nSPS) is 16.6. The molecule has 196 valence electrons. The highest BCUT2D eigenvalue weighted by Crippen LogP contribution is 2.41. The van der Waals surface area contributed by atoms with Gasteiger partial charge in [-0.2, -0.15) is 9.97 Å². The van der Waals surface area contributed by atoms with Crippen molar-refractivity contribution in [2.75, 3.05) is 60.9 Å². The van der Waals surface area contributed by atoms with Gasteiger partial charge in [0.05, 0.1) is 30.9 Å². The first-order valence-electron chi connectivity index (χ1n) is 12.0. The van der Waals surface area contributed by atoms with Crippen LogP contribution in [0.15, 0.2) is 53.4 Å². The predicted molar refractivity (Wildman–Crippen MR) is 143 cm³/mol. The summed E-state index contributed by atoms with van der Waals surface area (Å²) in [6.07, 6.45) is 0. The fourth-order valence-corrected chi connectivity index (χ4v) is 5.33. The van der Waals surface area contributed by atoms with Crippen molar-refractivity contribution in [1.82, 2.24) is 14.8 Å². The minimum atomic E-state index is -3.81. The Balaban J connectivity index is 1.43. The molecule has 0 saturated carbocycles. The number of nitrogens with one attached hydrogen (secondary N) is 4. The Morgan fingerprint density at radius 3 is 2.57 bits per heavy atom. The molecular weight excluding hydrogens is 494 g/mol. The van der Waals surface area contributed by atoms with Gasteiger partial charge in [-0.1, -0.05) is 32.0 Å². The quantitative estimate of drug-likeness (QED) is 0.326. The predicted octanol–water partition coefficient (Wildman–Crippen LogP) is 3.07. The zero-order valence-corrected chi connectivity index (χ0v) is 21.9. The zero-order chi connectivity index (χ0) is 26.0. The van der Waals surface area contributed by atoms with Crippen molar-refractivity contribution >= 4 is 39.0 Å². The van der Waals surface area contributed by atoms with E-state index in [2.05, 4.69) is 35.8 Å². The third-order valence-corrected chi connectivity index (χ3v) is 7.71. The maximum Gasteiger partial charge on any atom is 0.257 e. The van der Waals surface area contributed by atoms with Crippen LogP contribution in [0.2, 0.25) is 0 Å². The molecule has 0 aliphatic carbocycles. The Morgan fingerprint density at radius 2 is 1.84 bits per heavy atom. The van der Waals surface area contributed by atoms with Gasteiger partial charge in [0.1, 0.15) is 11.6 Å². The summed E-state index contributed by atoms with van der Waals surface area (Å²) in [5.74, 6) is 1.93. The van der Waals surface area contributed by atoms with Crippen molar-refractivity contribution in [3.8, 4) is 5.75 Å². The number of hydrazine groups is 1. The van der Waals surface area contributed by atoms with Crippen LogP contribution in [-0.4, -0.2) is 58.3 Å². The first-order chi connectivity index (χ1) is 17.8. The number of fused-ring (bicyclic) bond motifs is 1. The number of morpholine rings is 1. The van der Waals surface area contributed by atoms with E-state index in [0.29, 0.717) is 48.8 Å². The average molecular weight is 526 g/mol. The smallest absolute Gasteiger partial charge is 0.257 e. The molecule has 3 aromatic rings. The molecule has 0 spiro atoms. The van der Waals surface area contributed by atoms with Crippen molar-refractivity contribution in [1.29, 1.82) is 0 Å². The van der Waals surface area contributed by atoms with Crippen LogP contribution in [0.3, 0.4) is 0 Å². The van der Waals surface area contributed by atoms with Crippen LogP contribution in [0, 0.1) is 0 Å². The van der Waals surface area contributed by atoms with E-state index < -0.39 is 10.0 Å². The van der Waals surface area contributed by atoms with E-state index in [1.54, 1.807) is 25.3 Å². The Kier molecular flexibility index (Phi) is 6.80. The Morgan fingerprint density at radius 1 is 1.08 bits per heavy atom. The lowest BCUT2D eigenvalue weighted by Crippen LogP contribution is -2.36. The molecule has 0 radical (unpaired) electrons. The van der Waals surface area contributed by atoms with E-state index in [9.17, 15) is 8.42 Å². The molecule has 3 heterocycles. The first kappa shape index (κ1) is 25.1. The maximum absolute atomic E-state index is 12.8. The summed E-state index contributed by atoms with van der Waals surface area (Å²) in [5, 5.41) is 6.54. The number of rotatable bonds is 8. The van der Waals surface area contributed by atoms with E-state index in [0.717, 1.165) is 24.3 Å². The summed E-state index contributed by atoms with van der Waals surface area (Å²) in [7, 11) is -2.19. The van der Waals surface area contributed by atoms with Crippen molar-refractivity contribution in [3.63, 3.8) is 0 Å². The van der Waals surface area contributed by atoms with E-state index >= 15 is 0 Å². The number of ether oxygens (including phenoxy) is 2. The molecule has 4 N–H and O–H groups in total. The molecule has 5 rings (SSSR count). The zero-order valence-electron chi connectivity index (χ0n) is 21.0. The van der Waals surface area contributed by atoms with Crippen LogP contribution in [0.1, 0.15) is 19.4 Å². The van der Waals surface area contributed by atoms with Crippen LogP contribution in [0.25, 0.3) is 0 Å². The number of aromatic nitrogens is 2. The highest BCUT2D eigenvalue weighted by atomic mass is 32.2. The van der Waals surface area contributed by atoms with Gasteiger partial charge in [0.15, 0.2) is 5.82 Å². The molecule has 1 fully saturated rings. The summed E-state index contributed by atoms with van der Waals surface area (Å²) in [6, 6.07) is 14.1. The second kappa shape index (κ2) is 10.0. The van der Waals surface area contributed by atoms with Crippen LogP contribution >= 0.6 is 0 Å². The molecule has 12 heteroatoms. The lowest BCUT2D eigenvalue weighted by Gasteiger charge is -2.29. The molecule has 0 amide bonds. The molecule has 0 unspecified atom stereocenters. The van der Waals surface area contributed by atoms with Crippen LogP contribution < -0.4 is 30.5 Å². The van der Waals surface area contributed by atoms with Gasteiger partial charge in [-0.25, -0.2) is 8.42 Å². The van der Waals surface area contributed by atoms with Gasteiger partial charge < -0.3 is 25.0 Å². The third kappa shape index (κ3) is 5.26. The molecule has 11 nitrogen and oxygen atoms in total. The monoisotopic (exact) mass is 525 g/mol. The van der Waals surface area contributed by atoms with E-state index in [1.165, 1.54) is 12.1 Å². The number of sulfonamides is 1. The molecule has 2 aromatic carbocycles. The van der Waals surface area contributed by atoms with Crippen LogP contribution in [0.4, 0.5) is 29.0 Å². The fraction of sp³-hybridized carbons (Fsp3) is 0.360. The molecule has 1 aromatic heterocycles. The van der Waals surface area contributed by atoms with Gasteiger partial charge in [-0.05, 0) is 24.3 Å². The highest BCUT2D eigenvalue weighted by Gasteiger charge is 2.35. The number of nitrogens with zero attached hydrogens (tertiary/aromatic N) is 3. The molecular formula is C25H31N7O4S. The summed E-state index contributed by atoms with van der Waals surface area (Å²) in [4.78, 5) is 14.1. The minimum absolute atomic E-state index is 0.147. The van der Waals surface area contributed by atoms with E-state index in [-0.39, 0.29) is 10.3 Å². The van der Waals surface area contributed by atoms with Gasteiger partial charge in [0.25, 0.3) is 10.0 Å². The van der Waals surface area contributed by atoms with Gasteiger partial charge in [0, 0.05) is 42.4 Å². The van der Waals surface area contributed by atoms with Gasteiger partial charge in [0.2, 0.25) is 5.95 Å². The van der Waals surface area contributed by atoms with Gasteiger partial charge in [-0.15, -0.1) is 4.83 Å². The standard InChI is InChI=1S/C25H31N7O4S/c1-25(2)16-26-22-21(25)23(30-31-37(33,34)18-7-5-4-6-8-18)29-24(28-22)27-19-10-9-17(15-20(19)35-3)32-11-13-36-14-12-32/h4-10,15,31H,11-14,16H2,1-3H3,(H3,26,27,28,29,30). The largest absolute Gasteiger partial charge is 0.494 e. The number of benzene rings is 2. The van der Waals surface area contributed by atoms with Crippen LogP contribution in [0.5, 0.6) is 5.75 Å². The number of methoxy groups -OCH3 is 1. The van der Waals surface area contributed by atoms with Crippen molar-refractivity contribution in [3.05, 3.63) is 54.1 Å². The Hall–Kier alpha value is -3.61. The van der Waals surface area contributed by atoms with Crippen molar-refractivity contribution < 1.29 is 17.9 Å². The van der Waals surface area contributed by atoms with Gasteiger partial charge in [-0.3, -0.25) is 5.43 Å². The first-order valence-corrected chi connectivity index (χ1v) is 13.5. The summed E-state index contributed by atoms with van der Waals surface area (Å²) >= 11 is 0. The van der Waals surface area contributed by atoms with Gasteiger partial charge >= 0.3 is 0 Å². The third-order valence-electron chi connectivity index (χ3n) is 6.45. The molecule has 0 atom stereocenters. The molecule has 2 aliphatic rings. The highest BCUT2D eigenvalue weighted by molar-refractivity contribution is 7.89. The fourth-order valence-electron chi connectivity index (χ4n) is 4.47. The second-order valence-electron chi connectivity index (χ2n) is 9.51. The second-order valence-corrected chi connectivity index (χ2v) is 11.2. The van der Waals surface area contributed by atoms with E-state index in [1.807, 2.05) is 32.0 Å². The summed E-state index contributed by atoms with van der Waals surface area (Å²) < 4.78 is 36.7. The Bertz CT molecular complexity index is 1380. The SMILES string of the molecule is COc1cc(N2CCOCC2)ccc1Nc1nc2c(c(NNS(=O)(=O)c3ccccc3)n1)C(C)(C)CN2.